The molecular weight excluding hydrogens is 318 g/mol. The van der Waals surface area contributed by atoms with Crippen molar-refractivity contribution in [2.75, 3.05) is 6.54 Å². The number of aliphatic hydroxyl groups is 1. The molecule has 4 nitrogen and oxygen atoms in total. The maximum absolute atomic E-state index is 10.9. The largest absolute Gasteiger partial charge is 0.384 e. The summed E-state index contributed by atoms with van der Waals surface area (Å²) in [4.78, 5) is 5.22. The van der Waals surface area contributed by atoms with Gasteiger partial charge in [-0.15, -0.1) is 11.3 Å². The van der Waals surface area contributed by atoms with E-state index in [0.29, 0.717) is 18.2 Å². The van der Waals surface area contributed by atoms with E-state index in [4.69, 9.17) is 11.6 Å². The Bertz CT molecular complexity index is 828. The second-order valence-electron chi connectivity index (χ2n) is 5.70. The number of benzene rings is 1. The van der Waals surface area contributed by atoms with Gasteiger partial charge in [0.25, 0.3) is 0 Å². The first-order chi connectivity index (χ1) is 10.7. The molecule has 2 N–H and O–H groups in total. The van der Waals surface area contributed by atoms with Gasteiger partial charge in [0.15, 0.2) is 10.1 Å². The molecule has 1 unspecified atom stereocenters. The average molecular weight is 334 g/mol. The number of nitrogens with one attached hydrogen (secondary N) is 1. The smallest absolute Gasteiger partial charge is 0.195 e. The minimum absolute atomic E-state index is 0.512. The maximum atomic E-state index is 10.9. The summed E-state index contributed by atoms with van der Waals surface area (Å²) >= 11 is 7.75. The zero-order valence-corrected chi connectivity index (χ0v) is 13.5. The van der Waals surface area contributed by atoms with E-state index in [9.17, 15) is 5.11 Å². The van der Waals surface area contributed by atoms with Crippen molar-refractivity contribution in [3.8, 4) is 0 Å². The summed E-state index contributed by atoms with van der Waals surface area (Å²) in [5, 5.41) is 16.8. The molecule has 1 aliphatic rings. The Morgan fingerprint density at radius 1 is 1.41 bits per heavy atom. The van der Waals surface area contributed by atoms with Gasteiger partial charge in [0.2, 0.25) is 0 Å². The highest BCUT2D eigenvalue weighted by Gasteiger charge is 2.35. The molecular formula is C16H16ClN3OS. The highest BCUT2D eigenvalue weighted by Crippen LogP contribution is 2.36. The third-order valence-corrected chi connectivity index (χ3v) is 5.41. The van der Waals surface area contributed by atoms with Crippen molar-refractivity contribution in [2.45, 2.75) is 25.0 Å². The second-order valence-corrected chi connectivity index (χ2v) is 6.93. The van der Waals surface area contributed by atoms with Gasteiger partial charge in [0.1, 0.15) is 5.60 Å². The van der Waals surface area contributed by atoms with Crippen LogP contribution in [0, 0.1) is 0 Å². The molecule has 0 saturated carbocycles. The maximum Gasteiger partial charge on any atom is 0.195 e. The molecule has 0 bridgehead atoms. The zero-order valence-electron chi connectivity index (χ0n) is 11.9. The highest BCUT2D eigenvalue weighted by molar-refractivity contribution is 7.15. The molecule has 1 aliphatic carbocycles. The minimum atomic E-state index is -0.790. The standard InChI is InChI=1S/C16H16ClN3OS/c17-14-13(20-7-8-22-15(20)19-14)9-18-10-16(21)6-5-11-3-1-2-4-12(11)16/h1-4,7-8,18,21H,5-6,9-10H2. The van der Waals surface area contributed by atoms with E-state index >= 15 is 0 Å². The molecule has 0 amide bonds. The van der Waals surface area contributed by atoms with Gasteiger partial charge in [-0.1, -0.05) is 35.9 Å². The number of hydrogen-bond donors (Lipinski definition) is 2. The van der Waals surface area contributed by atoms with E-state index < -0.39 is 5.60 Å². The van der Waals surface area contributed by atoms with Crippen molar-refractivity contribution < 1.29 is 5.11 Å². The van der Waals surface area contributed by atoms with Gasteiger partial charge in [-0.25, -0.2) is 4.98 Å². The number of rotatable bonds is 4. The molecule has 0 aliphatic heterocycles. The second kappa shape index (κ2) is 5.35. The summed E-state index contributed by atoms with van der Waals surface area (Å²) in [6.07, 6.45) is 3.65. The van der Waals surface area contributed by atoms with Crippen molar-refractivity contribution in [1.82, 2.24) is 14.7 Å². The average Bonchev–Trinajstić information content (AvgIpc) is 3.17. The Labute approximate surface area is 137 Å². The lowest BCUT2D eigenvalue weighted by Gasteiger charge is -2.24. The van der Waals surface area contributed by atoms with E-state index in [0.717, 1.165) is 29.1 Å². The van der Waals surface area contributed by atoms with Crippen LogP contribution in [0.1, 0.15) is 23.2 Å². The fourth-order valence-electron chi connectivity index (χ4n) is 3.20. The first-order valence-corrected chi connectivity index (χ1v) is 8.54. The number of nitrogens with zero attached hydrogens (tertiary/aromatic N) is 2. The predicted molar refractivity (Wildman–Crippen MR) is 88.4 cm³/mol. The summed E-state index contributed by atoms with van der Waals surface area (Å²) in [6.45, 7) is 1.10. The van der Waals surface area contributed by atoms with Gasteiger partial charge in [0, 0.05) is 24.7 Å². The van der Waals surface area contributed by atoms with Crippen molar-refractivity contribution in [3.05, 3.63) is 57.8 Å². The summed E-state index contributed by atoms with van der Waals surface area (Å²) in [5.41, 5.74) is 2.44. The molecule has 6 heteroatoms. The Morgan fingerprint density at radius 3 is 3.18 bits per heavy atom. The predicted octanol–water partition coefficient (Wildman–Crippen LogP) is 2.97. The van der Waals surface area contributed by atoms with Crippen molar-refractivity contribution in [3.63, 3.8) is 0 Å². The Balaban J connectivity index is 1.50. The molecule has 22 heavy (non-hydrogen) atoms. The molecule has 1 aromatic carbocycles. The minimum Gasteiger partial charge on any atom is -0.384 e. The fourth-order valence-corrected chi connectivity index (χ4v) is 4.22. The van der Waals surface area contributed by atoms with Crippen LogP contribution in [0.15, 0.2) is 35.8 Å². The van der Waals surface area contributed by atoms with E-state index in [-0.39, 0.29) is 0 Å². The van der Waals surface area contributed by atoms with Crippen LogP contribution < -0.4 is 5.32 Å². The number of aryl methyl sites for hydroxylation is 1. The molecule has 4 rings (SSSR count). The van der Waals surface area contributed by atoms with E-state index in [2.05, 4.69) is 16.4 Å². The van der Waals surface area contributed by atoms with Crippen LogP contribution in [0.4, 0.5) is 0 Å². The van der Waals surface area contributed by atoms with Crippen LogP contribution in [0.5, 0.6) is 0 Å². The lowest BCUT2D eigenvalue weighted by atomic mass is 9.96. The SMILES string of the molecule is OC1(CNCc2c(Cl)nc3sccn23)CCc2ccccc21. The van der Waals surface area contributed by atoms with Crippen molar-refractivity contribution in [2.24, 2.45) is 0 Å². The van der Waals surface area contributed by atoms with Gasteiger partial charge in [-0.2, -0.15) is 0 Å². The third kappa shape index (κ3) is 2.25. The molecule has 114 valence electrons. The summed E-state index contributed by atoms with van der Waals surface area (Å²) in [7, 11) is 0. The number of imidazole rings is 1. The van der Waals surface area contributed by atoms with Gasteiger partial charge in [-0.05, 0) is 24.0 Å². The number of fused-ring (bicyclic) bond motifs is 2. The van der Waals surface area contributed by atoms with Crippen LogP contribution in [-0.4, -0.2) is 21.0 Å². The molecule has 2 aromatic heterocycles. The summed E-state index contributed by atoms with van der Waals surface area (Å²) in [5.74, 6) is 0. The zero-order chi connectivity index (χ0) is 15.2. The molecule has 0 fully saturated rings. The van der Waals surface area contributed by atoms with Gasteiger partial charge >= 0.3 is 0 Å². The third-order valence-electron chi connectivity index (χ3n) is 4.35. The van der Waals surface area contributed by atoms with Crippen LogP contribution in [0.25, 0.3) is 4.96 Å². The van der Waals surface area contributed by atoms with E-state index in [1.165, 1.54) is 5.56 Å². The first kappa shape index (κ1) is 14.2. The van der Waals surface area contributed by atoms with Crippen molar-refractivity contribution in [1.29, 1.82) is 0 Å². The van der Waals surface area contributed by atoms with E-state index in [1.54, 1.807) is 11.3 Å². The Hall–Kier alpha value is -1.40. The topological polar surface area (TPSA) is 49.6 Å². The molecule has 0 radical (unpaired) electrons. The number of aromatic nitrogens is 2. The number of halogens is 1. The highest BCUT2D eigenvalue weighted by atomic mass is 35.5. The van der Waals surface area contributed by atoms with Crippen molar-refractivity contribution >= 4 is 27.9 Å². The fraction of sp³-hybridized carbons (Fsp3) is 0.312. The normalized spacial score (nSPS) is 20.6. The quantitative estimate of drug-likeness (QED) is 0.771. The molecule has 2 heterocycles. The van der Waals surface area contributed by atoms with Gasteiger partial charge in [0.05, 0.1) is 5.69 Å². The Morgan fingerprint density at radius 2 is 2.27 bits per heavy atom. The summed E-state index contributed by atoms with van der Waals surface area (Å²) < 4.78 is 1.99. The molecule has 0 saturated heterocycles. The monoisotopic (exact) mass is 333 g/mol. The van der Waals surface area contributed by atoms with Crippen LogP contribution in [-0.2, 0) is 18.6 Å². The van der Waals surface area contributed by atoms with Gasteiger partial charge < -0.3 is 10.4 Å². The van der Waals surface area contributed by atoms with Crippen LogP contribution in [0.3, 0.4) is 0 Å². The molecule has 0 spiro atoms. The first-order valence-electron chi connectivity index (χ1n) is 7.29. The van der Waals surface area contributed by atoms with Crippen LogP contribution >= 0.6 is 22.9 Å². The number of hydrogen-bond acceptors (Lipinski definition) is 4. The Kier molecular flexibility index (Phi) is 3.46. The molecule has 1 atom stereocenters. The van der Waals surface area contributed by atoms with E-state index in [1.807, 2.05) is 34.2 Å². The molecule has 3 aromatic rings. The van der Waals surface area contributed by atoms with Gasteiger partial charge in [-0.3, -0.25) is 4.40 Å². The number of thiazole rings is 1. The lowest BCUT2D eigenvalue weighted by Crippen LogP contribution is -2.36. The van der Waals surface area contributed by atoms with Crippen LogP contribution in [0.2, 0.25) is 5.15 Å². The summed E-state index contributed by atoms with van der Waals surface area (Å²) in [6, 6.07) is 8.12. The lowest BCUT2D eigenvalue weighted by molar-refractivity contribution is 0.0383.